The summed E-state index contributed by atoms with van der Waals surface area (Å²) in [6.45, 7) is 2.11. The highest BCUT2D eigenvalue weighted by atomic mass is 35.5. The molecule has 0 saturated heterocycles. The van der Waals surface area contributed by atoms with Crippen molar-refractivity contribution in [1.29, 1.82) is 0 Å². The lowest BCUT2D eigenvalue weighted by molar-refractivity contribution is -0.115. The highest BCUT2D eigenvalue weighted by Crippen LogP contribution is 2.40. The Hall–Kier alpha value is -2.22. The minimum Gasteiger partial charge on any atom is -0.484 e. The standard InChI is InChI=1S/C21H20Cl2N4O2S/c1-13(20(28)24-15-8-6-14(22)7-9-15)30-21-26-25-19(27(21)16-10-11-16)12-29-18-5-3-2-4-17(18)23/h2-9,13,16H,10-12H2,1H3,(H,24,28). The Morgan fingerprint density at radius 3 is 2.63 bits per heavy atom. The van der Waals surface area contributed by atoms with Crippen molar-refractivity contribution >= 4 is 46.6 Å². The Morgan fingerprint density at radius 2 is 1.93 bits per heavy atom. The van der Waals surface area contributed by atoms with Crippen LogP contribution in [0.3, 0.4) is 0 Å². The van der Waals surface area contributed by atoms with E-state index in [-0.39, 0.29) is 17.8 Å². The molecule has 1 aromatic heterocycles. The van der Waals surface area contributed by atoms with Gasteiger partial charge in [0.1, 0.15) is 12.4 Å². The molecule has 0 aliphatic heterocycles. The quantitative estimate of drug-likeness (QED) is 0.440. The number of hydrogen-bond acceptors (Lipinski definition) is 5. The topological polar surface area (TPSA) is 69.0 Å². The number of benzene rings is 2. The van der Waals surface area contributed by atoms with Crippen molar-refractivity contribution in [2.24, 2.45) is 0 Å². The Kier molecular flexibility index (Phi) is 6.51. The van der Waals surface area contributed by atoms with E-state index in [0.29, 0.717) is 32.7 Å². The van der Waals surface area contributed by atoms with Crippen molar-refractivity contribution in [3.05, 3.63) is 64.4 Å². The zero-order valence-corrected chi connectivity index (χ0v) is 18.5. The number of halogens is 2. The lowest BCUT2D eigenvalue weighted by atomic mass is 10.3. The molecule has 3 aromatic rings. The van der Waals surface area contributed by atoms with E-state index in [9.17, 15) is 4.79 Å². The molecular formula is C21H20Cl2N4O2S. The summed E-state index contributed by atoms with van der Waals surface area (Å²) in [4.78, 5) is 12.6. The van der Waals surface area contributed by atoms with Crippen LogP contribution in [0.15, 0.2) is 53.7 Å². The number of rotatable bonds is 8. The summed E-state index contributed by atoms with van der Waals surface area (Å²) in [5, 5.41) is 13.1. The number of amides is 1. The molecule has 4 rings (SSSR count). The Morgan fingerprint density at radius 1 is 1.20 bits per heavy atom. The minimum atomic E-state index is -0.347. The summed E-state index contributed by atoms with van der Waals surface area (Å²) >= 11 is 13.4. The number of carbonyl (C=O) groups excluding carboxylic acids is 1. The molecule has 1 N–H and O–H groups in total. The first-order chi connectivity index (χ1) is 14.5. The fraction of sp³-hybridized carbons (Fsp3) is 0.286. The van der Waals surface area contributed by atoms with Gasteiger partial charge < -0.3 is 10.1 Å². The van der Waals surface area contributed by atoms with Crippen LogP contribution in [-0.2, 0) is 11.4 Å². The molecular weight excluding hydrogens is 443 g/mol. The molecule has 9 heteroatoms. The van der Waals surface area contributed by atoms with Crippen LogP contribution in [0, 0.1) is 0 Å². The molecule has 1 saturated carbocycles. The minimum absolute atomic E-state index is 0.110. The van der Waals surface area contributed by atoms with Crippen LogP contribution in [0.5, 0.6) is 5.75 Å². The third kappa shape index (κ3) is 5.09. The average Bonchev–Trinajstić information content (AvgIpc) is 3.50. The molecule has 1 unspecified atom stereocenters. The van der Waals surface area contributed by atoms with E-state index in [1.54, 1.807) is 30.3 Å². The number of aromatic nitrogens is 3. The second-order valence-electron chi connectivity index (χ2n) is 6.98. The van der Waals surface area contributed by atoms with E-state index in [4.69, 9.17) is 27.9 Å². The Labute approximate surface area is 188 Å². The van der Waals surface area contributed by atoms with Crippen molar-refractivity contribution in [3.63, 3.8) is 0 Å². The van der Waals surface area contributed by atoms with Gasteiger partial charge in [0.25, 0.3) is 0 Å². The molecule has 0 spiro atoms. The van der Waals surface area contributed by atoms with Crippen LogP contribution in [0.25, 0.3) is 0 Å². The molecule has 1 aliphatic carbocycles. The maximum Gasteiger partial charge on any atom is 0.237 e. The number of anilines is 1. The summed E-state index contributed by atoms with van der Waals surface area (Å²) < 4.78 is 7.92. The summed E-state index contributed by atoms with van der Waals surface area (Å²) in [5.41, 5.74) is 0.703. The van der Waals surface area contributed by atoms with Gasteiger partial charge in [-0.05, 0) is 56.2 Å². The van der Waals surface area contributed by atoms with Crippen LogP contribution in [-0.4, -0.2) is 25.9 Å². The van der Waals surface area contributed by atoms with Crippen molar-refractivity contribution in [3.8, 4) is 5.75 Å². The van der Waals surface area contributed by atoms with Gasteiger partial charge in [-0.15, -0.1) is 10.2 Å². The van der Waals surface area contributed by atoms with Gasteiger partial charge in [0.15, 0.2) is 11.0 Å². The van der Waals surface area contributed by atoms with Crippen LogP contribution in [0.2, 0.25) is 10.0 Å². The van der Waals surface area contributed by atoms with Crippen molar-refractivity contribution in [1.82, 2.24) is 14.8 Å². The number of carbonyl (C=O) groups is 1. The predicted molar refractivity (Wildman–Crippen MR) is 119 cm³/mol. The third-order valence-corrected chi connectivity index (χ3v) is 6.22. The number of ether oxygens (including phenoxy) is 1. The average molecular weight is 463 g/mol. The molecule has 30 heavy (non-hydrogen) atoms. The number of hydrogen-bond donors (Lipinski definition) is 1. The SMILES string of the molecule is CC(Sc1nnc(COc2ccccc2Cl)n1C1CC1)C(=O)Nc1ccc(Cl)cc1. The van der Waals surface area contributed by atoms with E-state index >= 15 is 0 Å². The second-order valence-corrected chi connectivity index (χ2v) is 9.13. The van der Waals surface area contributed by atoms with Gasteiger partial charge >= 0.3 is 0 Å². The van der Waals surface area contributed by atoms with Crippen molar-refractivity contribution in [2.45, 2.75) is 42.8 Å². The van der Waals surface area contributed by atoms with Gasteiger partial charge in [-0.25, -0.2) is 0 Å². The largest absolute Gasteiger partial charge is 0.484 e. The van der Waals surface area contributed by atoms with E-state index in [0.717, 1.165) is 18.7 Å². The molecule has 2 aromatic carbocycles. The first-order valence-electron chi connectivity index (χ1n) is 9.55. The predicted octanol–water partition coefficient (Wildman–Crippen LogP) is 5.62. The van der Waals surface area contributed by atoms with E-state index < -0.39 is 0 Å². The molecule has 0 radical (unpaired) electrons. The monoisotopic (exact) mass is 462 g/mol. The van der Waals surface area contributed by atoms with Gasteiger partial charge in [0, 0.05) is 16.8 Å². The number of para-hydroxylation sites is 1. The summed E-state index contributed by atoms with van der Waals surface area (Å²) in [7, 11) is 0. The molecule has 1 amide bonds. The van der Waals surface area contributed by atoms with Crippen LogP contribution < -0.4 is 10.1 Å². The molecule has 1 heterocycles. The summed E-state index contributed by atoms with van der Waals surface area (Å²) in [6.07, 6.45) is 2.13. The fourth-order valence-electron chi connectivity index (χ4n) is 2.88. The molecule has 0 bridgehead atoms. The molecule has 1 fully saturated rings. The maximum atomic E-state index is 12.6. The zero-order valence-electron chi connectivity index (χ0n) is 16.2. The summed E-state index contributed by atoms with van der Waals surface area (Å²) in [6, 6.07) is 14.7. The number of thioether (sulfide) groups is 1. The maximum absolute atomic E-state index is 12.6. The fourth-order valence-corrected chi connectivity index (χ4v) is 4.13. The van der Waals surface area contributed by atoms with E-state index in [1.807, 2.05) is 25.1 Å². The molecule has 156 valence electrons. The Balaban J connectivity index is 1.43. The zero-order chi connectivity index (χ0) is 21.1. The second kappa shape index (κ2) is 9.29. The molecule has 1 aliphatic rings. The highest BCUT2D eigenvalue weighted by molar-refractivity contribution is 8.00. The lowest BCUT2D eigenvalue weighted by Crippen LogP contribution is -2.23. The highest BCUT2D eigenvalue weighted by Gasteiger charge is 2.31. The molecule has 6 nitrogen and oxygen atoms in total. The van der Waals surface area contributed by atoms with E-state index in [1.165, 1.54) is 11.8 Å². The van der Waals surface area contributed by atoms with Crippen LogP contribution in [0.4, 0.5) is 5.69 Å². The van der Waals surface area contributed by atoms with Crippen molar-refractivity contribution in [2.75, 3.05) is 5.32 Å². The third-order valence-electron chi connectivity index (χ3n) is 4.60. The van der Waals surface area contributed by atoms with Crippen LogP contribution >= 0.6 is 35.0 Å². The van der Waals surface area contributed by atoms with Gasteiger partial charge in [-0.2, -0.15) is 0 Å². The number of nitrogens with zero attached hydrogens (tertiary/aromatic N) is 3. The summed E-state index contributed by atoms with van der Waals surface area (Å²) in [5.74, 6) is 1.22. The van der Waals surface area contributed by atoms with Crippen molar-refractivity contribution < 1.29 is 9.53 Å². The van der Waals surface area contributed by atoms with Gasteiger partial charge in [0.2, 0.25) is 5.91 Å². The van der Waals surface area contributed by atoms with Gasteiger partial charge in [-0.1, -0.05) is 47.1 Å². The molecule has 1 atom stereocenters. The van der Waals surface area contributed by atoms with Crippen LogP contribution in [0.1, 0.15) is 31.6 Å². The smallest absolute Gasteiger partial charge is 0.237 e. The van der Waals surface area contributed by atoms with Gasteiger partial charge in [-0.3, -0.25) is 9.36 Å². The first kappa shape index (κ1) is 21.0. The first-order valence-corrected chi connectivity index (χ1v) is 11.2. The lowest BCUT2D eigenvalue weighted by Gasteiger charge is -2.14. The normalized spacial score (nSPS) is 14.4. The number of nitrogens with one attached hydrogen (secondary N) is 1. The Bertz CT molecular complexity index is 1040. The van der Waals surface area contributed by atoms with Gasteiger partial charge in [0.05, 0.1) is 10.3 Å². The van der Waals surface area contributed by atoms with E-state index in [2.05, 4.69) is 20.1 Å².